The Morgan fingerprint density at radius 3 is 2.46 bits per heavy atom. The van der Waals surface area contributed by atoms with E-state index in [-0.39, 0.29) is 29.6 Å². The van der Waals surface area contributed by atoms with Gasteiger partial charge >= 0.3 is 12.1 Å². The summed E-state index contributed by atoms with van der Waals surface area (Å²) in [5.74, 6) is -0.833. The van der Waals surface area contributed by atoms with Crippen LogP contribution in [0.25, 0.3) is 6.08 Å². The monoisotopic (exact) mass is 588 g/mol. The Kier molecular flexibility index (Phi) is 10.3. The number of cyclic esters (lactones) is 1. The highest BCUT2D eigenvalue weighted by atomic mass is 32.2. The fraction of sp³-hybridized carbons (Fsp3) is 0.613. The largest absolute Gasteiger partial charge is 0.457 e. The molecule has 1 aliphatic carbocycles. The topological polar surface area (TPSA) is 113 Å². The van der Waals surface area contributed by atoms with Gasteiger partial charge in [-0.15, -0.1) is 0 Å². The molecule has 1 N–H and O–H groups in total. The number of amides is 1. The molecule has 1 aromatic carbocycles. The number of piperazine rings is 1. The van der Waals surface area contributed by atoms with Gasteiger partial charge in [0.05, 0.1) is 22.7 Å². The number of likely N-dealkylation sites (N-methyl/N-ethyl adjacent to an activating group) is 1. The molecule has 0 bridgehead atoms. The molecule has 2 fully saturated rings. The highest BCUT2D eigenvalue weighted by Gasteiger charge is 2.37. The van der Waals surface area contributed by atoms with Crippen LogP contribution in [0.1, 0.15) is 58.4 Å². The van der Waals surface area contributed by atoms with Crippen LogP contribution in [0.2, 0.25) is 0 Å². The maximum absolute atomic E-state index is 13.0. The van der Waals surface area contributed by atoms with E-state index in [1.54, 1.807) is 23.1 Å². The maximum atomic E-state index is 13.0. The van der Waals surface area contributed by atoms with Crippen molar-refractivity contribution < 1.29 is 32.6 Å². The summed E-state index contributed by atoms with van der Waals surface area (Å²) in [5, 5.41) is 10.3. The number of benzene rings is 1. The number of carbonyl (C=O) groups is 2. The first-order valence-corrected chi connectivity index (χ1v) is 16.2. The summed E-state index contributed by atoms with van der Waals surface area (Å²) in [6, 6.07) is 6.83. The number of sulfone groups is 1. The fourth-order valence-corrected chi connectivity index (χ4v) is 7.04. The van der Waals surface area contributed by atoms with Crippen LogP contribution < -0.4 is 0 Å². The number of esters is 1. The summed E-state index contributed by atoms with van der Waals surface area (Å²) in [7, 11) is -1.31. The Morgan fingerprint density at radius 2 is 1.78 bits per heavy atom. The smallest absolute Gasteiger partial charge is 0.410 e. The Labute approximate surface area is 244 Å². The molecule has 9 nitrogen and oxygen atoms in total. The van der Waals surface area contributed by atoms with Crippen molar-refractivity contribution in [2.75, 3.05) is 33.2 Å². The van der Waals surface area contributed by atoms with Crippen LogP contribution >= 0.6 is 0 Å². The zero-order valence-electron chi connectivity index (χ0n) is 24.6. The number of aliphatic hydroxyl groups is 1. The molecular formula is C31H44N2O7S. The molecule has 3 aliphatic rings. The van der Waals surface area contributed by atoms with E-state index in [1.807, 2.05) is 52.1 Å². The van der Waals surface area contributed by atoms with Gasteiger partial charge in [0.25, 0.3) is 0 Å². The highest BCUT2D eigenvalue weighted by molar-refractivity contribution is 7.92. The summed E-state index contributed by atoms with van der Waals surface area (Å²) in [6.45, 7) is 8.57. The lowest BCUT2D eigenvalue weighted by Gasteiger charge is -2.33. The summed E-state index contributed by atoms with van der Waals surface area (Å²) >= 11 is 0. The van der Waals surface area contributed by atoms with Gasteiger partial charge in [0, 0.05) is 32.1 Å². The Hall–Kier alpha value is -2.69. The first-order chi connectivity index (χ1) is 19.4. The van der Waals surface area contributed by atoms with Gasteiger partial charge in [0.2, 0.25) is 0 Å². The van der Waals surface area contributed by atoms with E-state index in [0.29, 0.717) is 49.2 Å². The van der Waals surface area contributed by atoms with E-state index in [0.717, 1.165) is 18.7 Å². The van der Waals surface area contributed by atoms with E-state index in [4.69, 9.17) is 9.47 Å². The number of hydrogen-bond acceptors (Lipinski definition) is 8. The van der Waals surface area contributed by atoms with Gasteiger partial charge < -0.3 is 24.4 Å². The summed E-state index contributed by atoms with van der Waals surface area (Å²) < 4.78 is 37.4. The van der Waals surface area contributed by atoms with E-state index < -0.39 is 34.1 Å². The second-order valence-corrected chi connectivity index (χ2v) is 14.1. The van der Waals surface area contributed by atoms with Gasteiger partial charge in [-0.2, -0.15) is 0 Å². The minimum Gasteiger partial charge on any atom is -0.457 e. The van der Waals surface area contributed by atoms with Gasteiger partial charge in [-0.05, 0) is 74.9 Å². The van der Waals surface area contributed by atoms with Crippen LogP contribution in [0.5, 0.6) is 0 Å². The third kappa shape index (κ3) is 8.42. The number of nitrogens with zero attached hydrogens (tertiary/aromatic N) is 2. The normalized spacial score (nSPS) is 30.1. The molecule has 1 saturated carbocycles. The number of ether oxygens (including phenoxy) is 2. The Bertz CT molecular complexity index is 1250. The van der Waals surface area contributed by atoms with Crippen molar-refractivity contribution in [3.8, 4) is 0 Å². The number of aliphatic hydroxyl groups excluding tert-OH is 1. The van der Waals surface area contributed by atoms with Crippen LogP contribution in [0, 0.1) is 11.8 Å². The number of carbonyl (C=O) groups excluding carboxylic acids is 2. The van der Waals surface area contributed by atoms with Crippen LogP contribution in [0.4, 0.5) is 4.79 Å². The fourth-order valence-electron chi connectivity index (χ4n) is 5.33. The lowest BCUT2D eigenvalue weighted by molar-refractivity contribution is -0.151. The van der Waals surface area contributed by atoms with Crippen LogP contribution in [0.15, 0.2) is 46.9 Å². The lowest BCUT2D eigenvalue weighted by atomic mass is 9.91. The third-order valence-electron chi connectivity index (χ3n) is 8.25. The Balaban J connectivity index is 1.56. The molecule has 1 amide bonds. The van der Waals surface area contributed by atoms with Gasteiger partial charge in [0.15, 0.2) is 9.84 Å². The second-order valence-electron chi connectivity index (χ2n) is 11.9. The van der Waals surface area contributed by atoms with Crippen molar-refractivity contribution in [1.82, 2.24) is 9.80 Å². The standard InChI is InChI=1S/C31H44N2O7S/c1-21-8-10-25(34)20-29(35)40-30(22(2)9-13-28(21)39-31(36)33-16-14-32(4)15-17-33)23(3)18-24-6-5-7-27(19-24)41(37,38)26-11-12-26/h5-7,9,13,18-19,21-22,25-26,28,30,34H,8,10-12,14-17,20H2,1-4H3/b13-9-,23-18+/t21-,22-,25+,28-,30-/m0/s1. The highest BCUT2D eigenvalue weighted by Crippen LogP contribution is 2.34. The summed E-state index contributed by atoms with van der Waals surface area (Å²) in [4.78, 5) is 30.0. The number of rotatable bonds is 5. The molecule has 5 atom stereocenters. The summed E-state index contributed by atoms with van der Waals surface area (Å²) in [5.41, 5.74) is 1.44. The average Bonchev–Trinajstić information content (AvgIpc) is 3.79. The van der Waals surface area contributed by atoms with E-state index in [1.165, 1.54) is 0 Å². The van der Waals surface area contributed by atoms with Crippen molar-refractivity contribution in [2.45, 2.75) is 81.3 Å². The van der Waals surface area contributed by atoms with Crippen LogP contribution in [0.3, 0.4) is 0 Å². The van der Waals surface area contributed by atoms with Crippen LogP contribution in [-0.2, 0) is 24.1 Å². The molecule has 1 saturated heterocycles. The average molecular weight is 589 g/mol. The minimum atomic E-state index is -3.33. The second kappa shape index (κ2) is 13.5. The first-order valence-electron chi connectivity index (χ1n) is 14.7. The molecule has 2 aliphatic heterocycles. The Morgan fingerprint density at radius 1 is 1.07 bits per heavy atom. The molecule has 1 aromatic rings. The first kappa shape index (κ1) is 31.3. The van der Waals surface area contributed by atoms with Gasteiger partial charge in [0.1, 0.15) is 12.2 Å². The zero-order valence-corrected chi connectivity index (χ0v) is 25.4. The number of hydrogen-bond donors (Lipinski definition) is 1. The predicted molar refractivity (Wildman–Crippen MR) is 157 cm³/mol. The molecule has 4 rings (SSSR count). The molecule has 0 unspecified atom stereocenters. The quantitative estimate of drug-likeness (QED) is 0.405. The molecule has 10 heteroatoms. The van der Waals surface area contributed by atoms with E-state index >= 15 is 0 Å². The van der Waals surface area contributed by atoms with Crippen molar-refractivity contribution in [1.29, 1.82) is 0 Å². The zero-order chi connectivity index (χ0) is 29.7. The molecule has 226 valence electrons. The lowest BCUT2D eigenvalue weighted by Crippen LogP contribution is -2.48. The van der Waals surface area contributed by atoms with Gasteiger partial charge in [-0.1, -0.05) is 38.1 Å². The SMILES string of the molecule is C/C(=C\c1cccc(S(=O)(=O)C2CC2)c1)[C@H]1OC(=O)C[C@H](O)CC[C@H](C)[C@@H](OC(=O)N2CCN(C)CC2)/C=C\[C@@H]1C. The molecule has 2 heterocycles. The molecular weight excluding hydrogens is 544 g/mol. The van der Waals surface area contributed by atoms with Gasteiger partial charge in [-0.3, -0.25) is 4.79 Å². The molecule has 0 radical (unpaired) electrons. The molecule has 41 heavy (non-hydrogen) atoms. The van der Waals surface area contributed by atoms with Crippen LogP contribution in [-0.4, -0.2) is 92.2 Å². The summed E-state index contributed by atoms with van der Waals surface area (Å²) in [6.07, 6.45) is 5.47. The molecule has 0 spiro atoms. The van der Waals surface area contributed by atoms with Crippen molar-refractivity contribution in [2.24, 2.45) is 11.8 Å². The van der Waals surface area contributed by atoms with Crippen molar-refractivity contribution >= 4 is 28.0 Å². The predicted octanol–water partition coefficient (Wildman–Crippen LogP) is 4.06. The minimum absolute atomic E-state index is 0.0637. The molecule has 0 aromatic heterocycles. The van der Waals surface area contributed by atoms with E-state index in [2.05, 4.69) is 4.90 Å². The van der Waals surface area contributed by atoms with Gasteiger partial charge in [-0.25, -0.2) is 13.2 Å². The van der Waals surface area contributed by atoms with Crippen molar-refractivity contribution in [3.05, 3.63) is 47.6 Å². The third-order valence-corrected chi connectivity index (χ3v) is 10.5. The van der Waals surface area contributed by atoms with E-state index in [9.17, 15) is 23.1 Å². The maximum Gasteiger partial charge on any atom is 0.410 e. The van der Waals surface area contributed by atoms with Crippen molar-refractivity contribution in [3.63, 3.8) is 0 Å².